The number of nitrogens with one attached hydrogen (secondary N) is 2. The predicted molar refractivity (Wildman–Crippen MR) is 132 cm³/mol. The van der Waals surface area contributed by atoms with E-state index in [0.717, 1.165) is 37.2 Å². The first-order valence-corrected chi connectivity index (χ1v) is 13.1. The third kappa shape index (κ3) is 6.79. The molecule has 2 aromatic carbocycles. The molecule has 34 heavy (non-hydrogen) atoms. The minimum atomic E-state index is -3.73. The number of likely N-dealkylation sites (tertiary alicyclic amines) is 1. The topological polar surface area (TPSA) is 97.0 Å². The highest BCUT2D eigenvalue weighted by atomic mass is 32.2. The molecule has 1 atom stereocenters. The SMILES string of the molecule is COCCNS(=O)(=O)c1ccc(C)c(C(=O)NCC(c2ccc(OC)cc2)N2CCCCC2)c1. The number of nitrogens with zero attached hydrogens (tertiary/aromatic N) is 1. The molecule has 1 aliphatic rings. The van der Waals surface area contributed by atoms with Gasteiger partial charge in [0.25, 0.3) is 5.91 Å². The molecular weight excluding hydrogens is 454 g/mol. The van der Waals surface area contributed by atoms with Gasteiger partial charge in [-0.2, -0.15) is 0 Å². The monoisotopic (exact) mass is 489 g/mol. The fraction of sp³-hybridized carbons (Fsp3) is 0.480. The number of carbonyl (C=O) groups excluding carboxylic acids is 1. The van der Waals surface area contributed by atoms with Crippen LogP contribution in [0.4, 0.5) is 0 Å². The zero-order valence-electron chi connectivity index (χ0n) is 20.2. The van der Waals surface area contributed by atoms with Gasteiger partial charge >= 0.3 is 0 Å². The summed E-state index contributed by atoms with van der Waals surface area (Å²) in [5.74, 6) is 0.500. The molecule has 0 aromatic heterocycles. The maximum absolute atomic E-state index is 13.1. The number of carbonyl (C=O) groups is 1. The van der Waals surface area contributed by atoms with E-state index in [2.05, 4.69) is 14.9 Å². The van der Waals surface area contributed by atoms with Gasteiger partial charge in [-0.05, 0) is 68.2 Å². The van der Waals surface area contributed by atoms with Crippen LogP contribution in [0.15, 0.2) is 47.4 Å². The standard InChI is InChI=1S/C25H35N3O5S/c1-19-7-12-22(34(30,31)27-13-16-32-2)17-23(19)25(29)26-18-24(28-14-5-4-6-15-28)20-8-10-21(33-3)11-9-20/h7-12,17,24,27H,4-6,13-16,18H2,1-3H3,(H,26,29). The molecule has 0 radical (unpaired) electrons. The molecule has 8 nitrogen and oxygen atoms in total. The Labute approximate surface area is 202 Å². The van der Waals surface area contributed by atoms with Crippen LogP contribution in [0.1, 0.15) is 46.8 Å². The zero-order valence-corrected chi connectivity index (χ0v) is 21.0. The lowest BCUT2D eigenvalue weighted by Crippen LogP contribution is -2.40. The molecule has 186 valence electrons. The molecule has 1 aliphatic heterocycles. The molecule has 0 bridgehead atoms. The van der Waals surface area contributed by atoms with Crippen molar-refractivity contribution >= 4 is 15.9 Å². The summed E-state index contributed by atoms with van der Waals surface area (Å²) in [4.78, 5) is 15.6. The normalized spacial score (nSPS) is 15.6. The lowest BCUT2D eigenvalue weighted by atomic mass is 10.0. The minimum absolute atomic E-state index is 0.0260. The molecule has 0 spiro atoms. The van der Waals surface area contributed by atoms with E-state index in [4.69, 9.17) is 9.47 Å². The first kappa shape index (κ1) is 26.2. The van der Waals surface area contributed by atoms with Crippen molar-refractivity contribution in [2.45, 2.75) is 37.1 Å². The number of aryl methyl sites for hydroxylation is 1. The molecule has 1 unspecified atom stereocenters. The summed E-state index contributed by atoms with van der Waals surface area (Å²) in [5, 5.41) is 3.05. The molecule has 0 saturated carbocycles. The van der Waals surface area contributed by atoms with Crippen molar-refractivity contribution < 1.29 is 22.7 Å². The lowest BCUT2D eigenvalue weighted by Gasteiger charge is -2.35. The molecule has 3 rings (SSSR count). The highest BCUT2D eigenvalue weighted by Gasteiger charge is 2.24. The number of hydrogen-bond acceptors (Lipinski definition) is 6. The molecule has 0 aliphatic carbocycles. The Hall–Kier alpha value is -2.46. The fourth-order valence-corrected chi connectivity index (χ4v) is 5.21. The van der Waals surface area contributed by atoms with E-state index in [1.54, 1.807) is 20.1 Å². The maximum Gasteiger partial charge on any atom is 0.251 e. The summed E-state index contributed by atoms with van der Waals surface area (Å²) in [6.45, 7) is 4.61. The number of amides is 1. The van der Waals surface area contributed by atoms with Crippen LogP contribution in [0.2, 0.25) is 0 Å². The van der Waals surface area contributed by atoms with Gasteiger partial charge in [-0.25, -0.2) is 13.1 Å². The van der Waals surface area contributed by atoms with Gasteiger partial charge in [-0.3, -0.25) is 9.69 Å². The highest BCUT2D eigenvalue weighted by molar-refractivity contribution is 7.89. The van der Waals surface area contributed by atoms with Crippen LogP contribution in [-0.2, 0) is 14.8 Å². The Kier molecular flexibility index (Phi) is 9.46. The second-order valence-electron chi connectivity index (χ2n) is 8.46. The van der Waals surface area contributed by atoms with Gasteiger partial charge in [-0.15, -0.1) is 0 Å². The Morgan fingerprint density at radius 2 is 1.76 bits per heavy atom. The van der Waals surface area contributed by atoms with Gasteiger partial charge in [-0.1, -0.05) is 24.6 Å². The van der Waals surface area contributed by atoms with Crippen LogP contribution in [0, 0.1) is 6.92 Å². The van der Waals surface area contributed by atoms with E-state index < -0.39 is 10.0 Å². The Morgan fingerprint density at radius 1 is 1.06 bits per heavy atom. The molecular formula is C25H35N3O5S. The van der Waals surface area contributed by atoms with E-state index in [1.165, 1.54) is 25.7 Å². The summed E-state index contributed by atoms with van der Waals surface area (Å²) in [5.41, 5.74) is 2.17. The van der Waals surface area contributed by atoms with Gasteiger partial charge in [0, 0.05) is 25.8 Å². The third-order valence-electron chi connectivity index (χ3n) is 6.15. The van der Waals surface area contributed by atoms with Gasteiger partial charge in [0.2, 0.25) is 10.0 Å². The molecule has 1 amide bonds. The highest BCUT2D eigenvalue weighted by Crippen LogP contribution is 2.26. The van der Waals surface area contributed by atoms with Gasteiger partial charge in [0.05, 0.1) is 24.7 Å². The second kappa shape index (κ2) is 12.3. The number of benzene rings is 2. The quantitative estimate of drug-likeness (QED) is 0.471. The Balaban J connectivity index is 1.76. The van der Waals surface area contributed by atoms with Gasteiger partial charge in [0.1, 0.15) is 5.75 Å². The van der Waals surface area contributed by atoms with Crippen LogP contribution in [0.3, 0.4) is 0 Å². The minimum Gasteiger partial charge on any atom is -0.497 e. The smallest absolute Gasteiger partial charge is 0.251 e. The maximum atomic E-state index is 13.1. The summed E-state index contributed by atoms with van der Waals surface area (Å²) < 4.78 is 37.9. The van der Waals surface area contributed by atoms with Crippen LogP contribution < -0.4 is 14.8 Å². The van der Waals surface area contributed by atoms with Crippen molar-refractivity contribution in [2.24, 2.45) is 0 Å². The van der Waals surface area contributed by atoms with E-state index >= 15 is 0 Å². The van der Waals surface area contributed by atoms with E-state index in [1.807, 2.05) is 24.3 Å². The molecule has 9 heteroatoms. The average molecular weight is 490 g/mol. The Bertz CT molecular complexity index is 1050. The molecule has 1 heterocycles. The first-order chi connectivity index (χ1) is 16.4. The van der Waals surface area contributed by atoms with Crippen LogP contribution in [0.25, 0.3) is 0 Å². The van der Waals surface area contributed by atoms with Crippen molar-refractivity contribution in [2.75, 3.05) is 47.0 Å². The molecule has 2 N–H and O–H groups in total. The average Bonchev–Trinajstić information content (AvgIpc) is 2.85. The van der Waals surface area contributed by atoms with E-state index in [0.29, 0.717) is 17.7 Å². The molecule has 1 saturated heterocycles. The summed E-state index contributed by atoms with van der Waals surface area (Å²) in [6.07, 6.45) is 3.49. The first-order valence-electron chi connectivity index (χ1n) is 11.6. The van der Waals surface area contributed by atoms with Gasteiger partial charge in [0.15, 0.2) is 0 Å². The van der Waals surface area contributed by atoms with Crippen molar-refractivity contribution in [3.8, 4) is 5.75 Å². The van der Waals surface area contributed by atoms with Crippen molar-refractivity contribution in [3.05, 3.63) is 59.2 Å². The number of hydrogen-bond donors (Lipinski definition) is 2. The Morgan fingerprint density at radius 3 is 2.41 bits per heavy atom. The lowest BCUT2D eigenvalue weighted by molar-refractivity contribution is 0.0923. The summed E-state index contributed by atoms with van der Waals surface area (Å²) in [7, 11) is -0.588. The summed E-state index contributed by atoms with van der Waals surface area (Å²) in [6, 6.07) is 12.6. The number of sulfonamides is 1. The van der Waals surface area contributed by atoms with Crippen LogP contribution >= 0.6 is 0 Å². The number of piperidine rings is 1. The zero-order chi connectivity index (χ0) is 24.6. The number of methoxy groups -OCH3 is 2. The van der Waals surface area contributed by atoms with Crippen molar-refractivity contribution in [3.63, 3.8) is 0 Å². The van der Waals surface area contributed by atoms with Crippen molar-refractivity contribution in [1.82, 2.24) is 14.9 Å². The number of rotatable bonds is 11. The predicted octanol–water partition coefficient (Wildman–Crippen LogP) is 2.89. The van der Waals surface area contributed by atoms with Gasteiger partial charge < -0.3 is 14.8 Å². The van der Waals surface area contributed by atoms with Crippen molar-refractivity contribution in [1.29, 1.82) is 0 Å². The third-order valence-corrected chi connectivity index (χ3v) is 7.61. The van der Waals surface area contributed by atoms with Crippen LogP contribution in [0.5, 0.6) is 5.75 Å². The fourth-order valence-electron chi connectivity index (χ4n) is 4.17. The van der Waals surface area contributed by atoms with E-state index in [-0.39, 0.29) is 30.0 Å². The molecule has 1 fully saturated rings. The second-order valence-corrected chi connectivity index (χ2v) is 10.2. The summed E-state index contributed by atoms with van der Waals surface area (Å²) >= 11 is 0. The largest absolute Gasteiger partial charge is 0.497 e. The number of ether oxygens (including phenoxy) is 2. The van der Waals surface area contributed by atoms with Crippen LogP contribution in [-0.4, -0.2) is 66.2 Å². The van der Waals surface area contributed by atoms with E-state index in [9.17, 15) is 13.2 Å². The molecule has 2 aromatic rings.